The molecular formula is C8H11BrO2. The summed E-state index contributed by atoms with van der Waals surface area (Å²) in [6.45, 7) is 0.338. The number of halogens is 1. The van der Waals surface area contributed by atoms with Gasteiger partial charge in [-0.05, 0) is 0 Å². The van der Waals surface area contributed by atoms with E-state index in [2.05, 4.69) is 15.9 Å². The summed E-state index contributed by atoms with van der Waals surface area (Å²) >= 11 is 3.47. The minimum Gasteiger partial charge on any atom is -0.359 e. The number of hydrogen-bond donors (Lipinski definition) is 0. The first-order valence-corrected chi connectivity index (χ1v) is 4.36. The Morgan fingerprint density at radius 2 is 2.09 bits per heavy atom. The molecule has 0 aromatic heterocycles. The number of hydrogen-bond acceptors (Lipinski definition) is 2. The minimum atomic E-state index is 0.0972. The SMILES string of the molecule is COCOC1C=CC=CC1Br. The molecule has 0 amide bonds. The Bertz CT molecular complexity index is 165. The number of rotatable bonds is 3. The van der Waals surface area contributed by atoms with Gasteiger partial charge in [0.15, 0.2) is 0 Å². The molecule has 2 atom stereocenters. The van der Waals surface area contributed by atoms with E-state index in [0.717, 1.165) is 0 Å². The summed E-state index contributed by atoms with van der Waals surface area (Å²) in [5.74, 6) is 0. The van der Waals surface area contributed by atoms with Gasteiger partial charge in [-0.15, -0.1) is 0 Å². The molecule has 11 heavy (non-hydrogen) atoms. The average molecular weight is 219 g/mol. The van der Waals surface area contributed by atoms with Gasteiger partial charge in [0.05, 0.1) is 10.9 Å². The summed E-state index contributed by atoms with van der Waals surface area (Å²) in [7, 11) is 1.62. The number of ether oxygens (including phenoxy) is 2. The number of allylic oxidation sites excluding steroid dienone is 2. The van der Waals surface area contributed by atoms with Gasteiger partial charge in [0.1, 0.15) is 6.79 Å². The number of alkyl halides is 1. The van der Waals surface area contributed by atoms with Gasteiger partial charge in [-0.3, -0.25) is 0 Å². The van der Waals surface area contributed by atoms with E-state index in [-0.39, 0.29) is 10.9 Å². The van der Waals surface area contributed by atoms with Crippen LogP contribution in [0.2, 0.25) is 0 Å². The lowest BCUT2D eigenvalue weighted by molar-refractivity contribution is -0.0524. The van der Waals surface area contributed by atoms with E-state index in [9.17, 15) is 0 Å². The van der Waals surface area contributed by atoms with Crippen LogP contribution in [0.15, 0.2) is 24.3 Å². The van der Waals surface area contributed by atoms with E-state index >= 15 is 0 Å². The molecule has 0 aliphatic heterocycles. The largest absolute Gasteiger partial charge is 0.359 e. The zero-order valence-electron chi connectivity index (χ0n) is 6.37. The molecular weight excluding hydrogens is 208 g/mol. The van der Waals surface area contributed by atoms with Crippen molar-refractivity contribution >= 4 is 15.9 Å². The van der Waals surface area contributed by atoms with Crippen LogP contribution in [-0.4, -0.2) is 24.8 Å². The average Bonchev–Trinajstić information content (AvgIpc) is 2.03. The molecule has 62 valence electrons. The van der Waals surface area contributed by atoms with Crippen LogP contribution in [0.5, 0.6) is 0 Å². The molecule has 0 bridgehead atoms. The Morgan fingerprint density at radius 3 is 2.73 bits per heavy atom. The second-order valence-corrected chi connectivity index (χ2v) is 3.31. The maximum absolute atomic E-state index is 5.34. The molecule has 1 aliphatic rings. The molecule has 0 N–H and O–H groups in total. The minimum absolute atomic E-state index is 0.0972. The molecule has 0 spiro atoms. The van der Waals surface area contributed by atoms with E-state index < -0.39 is 0 Å². The van der Waals surface area contributed by atoms with E-state index in [0.29, 0.717) is 6.79 Å². The second-order valence-electron chi connectivity index (χ2n) is 2.25. The first kappa shape index (κ1) is 8.97. The lowest BCUT2D eigenvalue weighted by Gasteiger charge is -2.18. The fraction of sp³-hybridized carbons (Fsp3) is 0.500. The van der Waals surface area contributed by atoms with Crippen molar-refractivity contribution in [3.05, 3.63) is 24.3 Å². The monoisotopic (exact) mass is 218 g/mol. The molecule has 0 radical (unpaired) electrons. The van der Waals surface area contributed by atoms with Gasteiger partial charge < -0.3 is 9.47 Å². The smallest absolute Gasteiger partial charge is 0.147 e. The predicted molar refractivity (Wildman–Crippen MR) is 47.7 cm³/mol. The highest BCUT2D eigenvalue weighted by Crippen LogP contribution is 2.16. The second kappa shape index (κ2) is 4.70. The Labute approximate surface area is 75.0 Å². The summed E-state index contributed by atoms with van der Waals surface area (Å²) in [5, 5.41) is 0. The van der Waals surface area contributed by atoms with Crippen molar-refractivity contribution in [2.75, 3.05) is 13.9 Å². The van der Waals surface area contributed by atoms with Crippen LogP contribution < -0.4 is 0 Å². The highest BCUT2D eigenvalue weighted by atomic mass is 79.9. The van der Waals surface area contributed by atoms with Gasteiger partial charge in [-0.25, -0.2) is 0 Å². The normalized spacial score (nSPS) is 29.3. The first-order chi connectivity index (χ1) is 5.34. The Balaban J connectivity index is 2.33. The fourth-order valence-electron chi connectivity index (χ4n) is 0.854. The molecule has 2 nitrogen and oxygen atoms in total. The zero-order valence-corrected chi connectivity index (χ0v) is 7.95. The molecule has 0 aromatic rings. The molecule has 2 unspecified atom stereocenters. The van der Waals surface area contributed by atoms with Gasteiger partial charge >= 0.3 is 0 Å². The van der Waals surface area contributed by atoms with Crippen molar-refractivity contribution in [1.82, 2.24) is 0 Å². The predicted octanol–water partition coefficient (Wildman–Crippen LogP) is 1.86. The first-order valence-electron chi connectivity index (χ1n) is 3.44. The van der Waals surface area contributed by atoms with Crippen molar-refractivity contribution in [1.29, 1.82) is 0 Å². The third-order valence-corrected chi connectivity index (χ3v) is 2.23. The Kier molecular flexibility index (Phi) is 3.83. The van der Waals surface area contributed by atoms with Crippen molar-refractivity contribution in [3.63, 3.8) is 0 Å². The molecule has 0 aromatic carbocycles. The highest BCUT2D eigenvalue weighted by Gasteiger charge is 2.15. The van der Waals surface area contributed by atoms with Crippen LogP contribution in [-0.2, 0) is 9.47 Å². The number of methoxy groups -OCH3 is 1. The molecule has 1 aliphatic carbocycles. The highest BCUT2D eigenvalue weighted by molar-refractivity contribution is 9.09. The fourth-order valence-corrected chi connectivity index (χ4v) is 1.36. The topological polar surface area (TPSA) is 18.5 Å². The maximum Gasteiger partial charge on any atom is 0.147 e. The van der Waals surface area contributed by atoms with Gasteiger partial charge in [-0.2, -0.15) is 0 Å². The van der Waals surface area contributed by atoms with Crippen LogP contribution >= 0.6 is 15.9 Å². The lowest BCUT2D eigenvalue weighted by Crippen LogP contribution is -2.22. The lowest BCUT2D eigenvalue weighted by atomic mass is 10.1. The van der Waals surface area contributed by atoms with E-state index in [1.54, 1.807) is 7.11 Å². The third-order valence-electron chi connectivity index (χ3n) is 1.40. The van der Waals surface area contributed by atoms with E-state index in [4.69, 9.17) is 9.47 Å². The third kappa shape index (κ3) is 2.77. The summed E-state index contributed by atoms with van der Waals surface area (Å²) in [6, 6.07) is 0. The summed E-state index contributed by atoms with van der Waals surface area (Å²) in [5.41, 5.74) is 0. The molecule has 0 saturated carbocycles. The van der Waals surface area contributed by atoms with Crippen LogP contribution in [0.1, 0.15) is 0 Å². The van der Waals surface area contributed by atoms with Crippen LogP contribution in [0.25, 0.3) is 0 Å². The van der Waals surface area contributed by atoms with E-state index in [1.165, 1.54) is 0 Å². The van der Waals surface area contributed by atoms with Gasteiger partial charge in [0.2, 0.25) is 0 Å². The molecule has 0 saturated heterocycles. The maximum atomic E-state index is 5.34. The van der Waals surface area contributed by atoms with Gasteiger partial charge in [0.25, 0.3) is 0 Å². The molecule has 3 heteroatoms. The van der Waals surface area contributed by atoms with Gasteiger partial charge in [0, 0.05) is 7.11 Å². The van der Waals surface area contributed by atoms with Crippen LogP contribution in [0.3, 0.4) is 0 Å². The standard InChI is InChI=1S/C8H11BrO2/c1-10-6-11-8-5-3-2-4-7(8)9/h2-5,7-8H,6H2,1H3. The Morgan fingerprint density at radius 1 is 1.36 bits per heavy atom. The molecule has 0 fully saturated rings. The van der Waals surface area contributed by atoms with Crippen LogP contribution in [0, 0.1) is 0 Å². The van der Waals surface area contributed by atoms with Crippen molar-refractivity contribution in [2.45, 2.75) is 10.9 Å². The molecule has 1 rings (SSSR count). The summed E-state index contributed by atoms with van der Waals surface area (Å²) in [6.07, 6.45) is 8.10. The zero-order chi connectivity index (χ0) is 8.10. The summed E-state index contributed by atoms with van der Waals surface area (Å²) < 4.78 is 10.1. The van der Waals surface area contributed by atoms with Crippen molar-refractivity contribution in [3.8, 4) is 0 Å². The van der Waals surface area contributed by atoms with Crippen LogP contribution in [0.4, 0.5) is 0 Å². The van der Waals surface area contributed by atoms with Crippen molar-refractivity contribution < 1.29 is 9.47 Å². The quantitative estimate of drug-likeness (QED) is 0.532. The van der Waals surface area contributed by atoms with E-state index in [1.807, 2.05) is 24.3 Å². The molecule has 0 heterocycles. The van der Waals surface area contributed by atoms with Crippen molar-refractivity contribution in [2.24, 2.45) is 0 Å². The Hall–Kier alpha value is -0.120. The summed E-state index contributed by atoms with van der Waals surface area (Å²) in [4.78, 5) is 0.266. The van der Waals surface area contributed by atoms with Gasteiger partial charge in [-0.1, -0.05) is 40.2 Å².